The van der Waals surface area contributed by atoms with Crippen molar-refractivity contribution in [2.45, 2.75) is 39.2 Å². The van der Waals surface area contributed by atoms with E-state index in [-0.39, 0.29) is 18.2 Å². The first-order valence-electron chi connectivity index (χ1n) is 8.57. The largest absolute Gasteiger partial charge is 0.368 e. The predicted octanol–water partition coefficient (Wildman–Crippen LogP) is 2.66. The maximum Gasteiger partial charge on any atom is 0.267 e. The number of ether oxygens (including phenoxy) is 1. The van der Waals surface area contributed by atoms with E-state index in [0.29, 0.717) is 34.5 Å². The van der Waals surface area contributed by atoms with Gasteiger partial charge in [0.2, 0.25) is 5.91 Å². The number of hydrogen-bond donors (Lipinski definition) is 2. The zero-order chi connectivity index (χ0) is 19.6. The van der Waals surface area contributed by atoms with Gasteiger partial charge in [-0.1, -0.05) is 23.2 Å². The summed E-state index contributed by atoms with van der Waals surface area (Å²) >= 11 is 12.2. The van der Waals surface area contributed by atoms with E-state index in [1.54, 1.807) is 22.9 Å². The van der Waals surface area contributed by atoms with E-state index in [1.807, 2.05) is 13.8 Å². The molecular weight excluding hydrogens is 391 g/mol. The molecule has 2 amide bonds. The molecule has 1 atom stereocenters. The monoisotopic (exact) mass is 410 g/mol. The van der Waals surface area contributed by atoms with Crippen LogP contribution in [0.3, 0.4) is 0 Å². The Kier molecular flexibility index (Phi) is 6.04. The molecule has 1 unspecified atom stereocenters. The second-order valence-electron chi connectivity index (χ2n) is 6.37. The van der Waals surface area contributed by atoms with Gasteiger partial charge in [-0.25, -0.2) is 4.68 Å². The first-order valence-corrected chi connectivity index (χ1v) is 9.33. The van der Waals surface area contributed by atoms with Crippen molar-refractivity contribution >= 4 is 35.0 Å². The molecule has 0 radical (unpaired) electrons. The number of carbonyl (C=O) groups is 2. The van der Waals surface area contributed by atoms with Crippen LogP contribution < -0.4 is 10.9 Å². The molecule has 0 bridgehead atoms. The lowest BCUT2D eigenvalue weighted by Crippen LogP contribution is -2.46. The normalized spacial score (nSPS) is 16.4. The summed E-state index contributed by atoms with van der Waals surface area (Å²) in [7, 11) is 0. The molecule has 1 fully saturated rings. The van der Waals surface area contributed by atoms with Crippen molar-refractivity contribution < 1.29 is 14.3 Å². The minimum atomic E-state index is -0.497. The van der Waals surface area contributed by atoms with Gasteiger partial charge in [0.1, 0.15) is 6.10 Å². The highest BCUT2D eigenvalue weighted by Gasteiger charge is 2.24. The first kappa shape index (κ1) is 19.7. The predicted molar refractivity (Wildman–Crippen MR) is 102 cm³/mol. The van der Waals surface area contributed by atoms with Crippen LogP contribution in [0.5, 0.6) is 0 Å². The van der Waals surface area contributed by atoms with Crippen molar-refractivity contribution in [3.8, 4) is 5.69 Å². The van der Waals surface area contributed by atoms with Gasteiger partial charge in [-0.15, -0.1) is 0 Å². The van der Waals surface area contributed by atoms with Crippen LogP contribution in [0.4, 0.5) is 0 Å². The van der Waals surface area contributed by atoms with Gasteiger partial charge in [-0.3, -0.25) is 20.4 Å². The second-order valence-corrected chi connectivity index (χ2v) is 7.22. The van der Waals surface area contributed by atoms with Crippen LogP contribution in [0.1, 0.15) is 29.8 Å². The van der Waals surface area contributed by atoms with Gasteiger partial charge in [-0.05, 0) is 44.9 Å². The summed E-state index contributed by atoms with van der Waals surface area (Å²) in [6.07, 6.45) is 1.09. The van der Waals surface area contributed by atoms with E-state index < -0.39 is 6.10 Å². The van der Waals surface area contributed by atoms with Gasteiger partial charge in [0.05, 0.1) is 22.8 Å². The number of aromatic nitrogens is 2. The Bertz CT molecular complexity index is 876. The zero-order valence-corrected chi connectivity index (χ0v) is 16.5. The summed E-state index contributed by atoms with van der Waals surface area (Å²) in [4.78, 5) is 24.1. The Morgan fingerprint density at radius 3 is 2.74 bits per heavy atom. The Hall–Kier alpha value is -2.09. The minimum absolute atomic E-state index is 0.0781. The average Bonchev–Trinajstić information content (AvgIpc) is 3.24. The fraction of sp³-hybridized carbons (Fsp3) is 0.389. The van der Waals surface area contributed by atoms with Crippen molar-refractivity contribution in [3.63, 3.8) is 0 Å². The average molecular weight is 411 g/mol. The van der Waals surface area contributed by atoms with Crippen LogP contribution in [-0.2, 0) is 20.7 Å². The Morgan fingerprint density at radius 2 is 2.07 bits per heavy atom. The molecule has 144 valence electrons. The van der Waals surface area contributed by atoms with Gasteiger partial charge in [-0.2, -0.15) is 5.10 Å². The molecule has 1 aliphatic heterocycles. The van der Waals surface area contributed by atoms with Crippen LogP contribution in [0.25, 0.3) is 5.69 Å². The van der Waals surface area contributed by atoms with E-state index in [2.05, 4.69) is 16.0 Å². The van der Waals surface area contributed by atoms with Gasteiger partial charge >= 0.3 is 0 Å². The van der Waals surface area contributed by atoms with Gasteiger partial charge in [0, 0.05) is 22.9 Å². The topological polar surface area (TPSA) is 85.3 Å². The summed E-state index contributed by atoms with van der Waals surface area (Å²) in [5.41, 5.74) is 7.79. The number of halogens is 2. The number of rotatable bonds is 4. The lowest BCUT2D eigenvalue weighted by molar-refractivity contribution is -0.134. The van der Waals surface area contributed by atoms with E-state index in [4.69, 9.17) is 27.9 Å². The minimum Gasteiger partial charge on any atom is -0.368 e. The lowest BCUT2D eigenvalue weighted by Gasteiger charge is -2.11. The molecule has 2 aromatic rings. The fourth-order valence-corrected chi connectivity index (χ4v) is 3.51. The molecule has 7 nitrogen and oxygen atoms in total. The van der Waals surface area contributed by atoms with E-state index >= 15 is 0 Å². The van der Waals surface area contributed by atoms with Crippen molar-refractivity contribution in [2.24, 2.45) is 0 Å². The summed E-state index contributed by atoms with van der Waals surface area (Å²) in [6.45, 7) is 4.25. The SMILES string of the molecule is Cc1nn(-c2ccc(Cl)cc2Cl)c(C)c1CC(=O)NNC(=O)C1CCCO1. The molecular formula is C18H20Cl2N4O3. The van der Waals surface area contributed by atoms with E-state index in [9.17, 15) is 9.59 Å². The van der Waals surface area contributed by atoms with Crippen LogP contribution in [-0.4, -0.2) is 34.3 Å². The van der Waals surface area contributed by atoms with Gasteiger partial charge < -0.3 is 4.74 Å². The van der Waals surface area contributed by atoms with E-state index in [0.717, 1.165) is 17.7 Å². The molecule has 27 heavy (non-hydrogen) atoms. The first-order chi connectivity index (χ1) is 12.9. The second kappa shape index (κ2) is 8.29. The number of benzene rings is 1. The molecule has 2 heterocycles. The van der Waals surface area contributed by atoms with Crippen molar-refractivity contribution in [1.82, 2.24) is 20.6 Å². The van der Waals surface area contributed by atoms with Crippen LogP contribution >= 0.6 is 23.2 Å². The molecule has 1 aromatic carbocycles. The number of hydrogen-bond acceptors (Lipinski definition) is 4. The van der Waals surface area contributed by atoms with E-state index in [1.165, 1.54) is 0 Å². The molecule has 0 spiro atoms. The number of hydrazine groups is 1. The highest BCUT2D eigenvalue weighted by Crippen LogP contribution is 2.27. The third-order valence-corrected chi connectivity index (χ3v) is 5.00. The van der Waals surface area contributed by atoms with Crippen LogP contribution in [0.2, 0.25) is 10.0 Å². The molecule has 0 saturated carbocycles. The third-order valence-electron chi connectivity index (χ3n) is 4.46. The molecule has 1 aliphatic rings. The van der Waals surface area contributed by atoms with Crippen molar-refractivity contribution in [3.05, 3.63) is 45.2 Å². The molecule has 9 heteroatoms. The van der Waals surface area contributed by atoms with Gasteiger partial charge in [0.25, 0.3) is 5.91 Å². The quantitative estimate of drug-likeness (QED) is 0.758. The lowest BCUT2D eigenvalue weighted by atomic mass is 10.1. The highest BCUT2D eigenvalue weighted by atomic mass is 35.5. The Labute approximate surface area is 166 Å². The maximum atomic E-state index is 12.2. The summed E-state index contributed by atoms with van der Waals surface area (Å²) in [5, 5.41) is 5.48. The highest BCUT2D eigenvalue weighted by molar-refractivity contribution is 6.35. The fourth-order valence-electron chi connectivity index (χ4n) is 3.02. The van der Waals surface area contributed by atoms with Crippen LogP contribution in [0, 0.1) is 13.8 Å². The summed E-state index contributed by atoms with van der Waals surface area (Å²) < 4.78 is 6.96. The number of nitrogens with zero attached hydrogens (tertiary/aromatic N) is 2. The number of amides is 2. The van der Waals surface area contributed by atoms with Crippen molar-refractivity contribution in [2.75, 3.05) is 6.61 Å². The number of carbonyl (C=O) groups excluding carboxylic acids is 2. The summed E-state index contributed by atoms with van der Waals surface area (Å²) in [6, 6.07) is 5.14. The zero-order valence-electron chi connectivity index (χ0n) is 15.0. The smallest absolute Gasteiger partial charge is 0.267 e. The number of nitrogens with one attached hydrogen (secondary N) is 2. The molecule has 3 rings (SSSR count). The molecule has 1 aromatic heterocycles. The third kappa shape index (κ3) is 4.43. The van der Waals surface area contributed by atoms with Crippen molar-refractivity contribution in [1.29, 1.82) is 0 Å². The number of aryl methyl sites for hydroxylation is 1. The van der Waals surface area contributed by atoms with Gasteiger partial charge in [0.15, 0.2) is 0 Å². The molecule has 1 saturated heterocycles. The van der Waals surface area contributed by atoms with Crippen LogP contribution in [0.15, 0.2) is 18.2 Å². The Balaban J connectivity index is 1.69. The molecule has 2 N–H and O–H groups in total. The maximum absolute atomic E-state index is 12.2. The Morgan fingerprint density at radius 1 is 1.30 bits per heavy atom. The summed E-state index contributed by atoms with van der Waals surface area (Å²) in [5.74, 6) is -0.674. The standard InChI is InChI=1S/C18H20Cl2N4O3/c1-10-13(9-17(25)21-22-18(26)16-4-3-7-27-16)11(2)24(23-10)15-6-5-12(19)8-14(15)20/h5-6,8,16H,3-4,7,9H2,1-2H3,(H,21,25)(H,22,26). The molecule has 0 aliphatic carbocycles.